The zero-order valence-electron chi connectivity index (χ0n) is 16.9. The van der Waals surface area contributed by atoms with E-state index >= 15 is 0 Å². The van der Waals surface area contributed by atoms with Crippen molar-refractivity contribution in [3.05, 3.63) is 71.9 Å². The van der Waals surface area contributed by atoms with Crippen LogP contribution in [0, 0.1) is 6.92 Å². The third kappa shape index (κ3) is 7.00. The summed E-state index contributed by atoms with van der Waals surface area (Å²) in [6, 6.07) is 14.4. The molecular weight excluding hydrogens is 416 g/mol. The molecule has 1 heterocycles. The van der Waals surface area contributed by atoms with E-state index in [9.17, 15) is 9.59 Å². The Bertz CT molecular complexity index is 1020. The lowest BCUT2D eigenvalue weighted by atomic mass is 10.2. The molecule has 1 atom stereocenters. The minimum atomic E-state index is -1.03. The largest absolute Gasteiger partial charge is 0.482 e. The molecule has 2 aromatic carbocycles. The molecule has 160 valence electrons. The molecule has 0 aromatic heterocycles. The summed E-state index contributed by atoms with van der Waals surface area (Å²) in [5, 5.41) is 23.2. The third-order valence-corrected chi connectivity index (χ3v) is 5.36. The number of hydrogen-bond acceptors (Lipinski definition) is 6. The fourth-order valence-corrected chi connectivity index (χ4v) is 3.62. The van der Waals surface area contributed by atoms with Crippen LogP contribution >= 0.6 is 11.8 Å². The molecule has 31 heavy (non-hydrogen) atoms. The highest BCUT2D eigenvalue weighted by Crippen LogP contribution is 2.28. The van der Waals surface area contributed by atoms with E-state index in [4.69, 9.17) is 9.84 Å². The van der Waals surface area contributed by atoms with Crippen LogP contribution in [0.4, 0.5) is 5.69 Å². The van der Waals surface area contributed by atoms with Gasteiger partial charge in [0.1, 0.15) is 5.75 Å². The first-order chi connectivity index (χ1) is 14.9. The smallest absolute Gasteiger partial charge is 0.341 e. The summed E-state index contributed by atoms with van der Waals surface area (Å²) < 4.78 is 5.08. The third-order valence-electron chi connectivity index (χ3n) is 4.21. The second kappa shape index (κ2) is 10.4. The molecule has 3 rings (SSSR count). The predicted molar refractivity (Wildman–Crippen MR) is 123 cm³/mol. The minimum absolute atomic E-state index is 0.0979. The summed E-state index contributed by atoms with van der Waals surface area (Å²) in [6.07, 6.45) is 1.83. The van der Waals surface area contributed by atoms with Crippen LogP contribution in [0.3, 0.4) is 0 Å². The van der Waals surface area contributed by atoms with Gasteiger partial charge in [-0.05, 0) is 48.9 Å². The van der Waals surface area contributed by atoms with Crippen molar-refractivity contribution in [1.29, 1.82) is 0 Å². The van der Waals surface area contributed by atoms with E-state index in [2.05, 4.69) is 27.4 Å². The fourth-order valence-electron chi connectivity index (χ4n) is 2.63. The average molecular weight is 439 g/mol. The highest BCUT2D eigenvalue weighted by molar-refractivity contribution is 8.15. The highest BCUT2D eigenvalue weighted by atomic mass is 32.2. The number of amidine groups is 1. The molecule has 0 aliphatic carbocycles. The van der Waals surface area contributed by atoms with Gasteiger partial charge >= 0.3 is 5.97 Å². The monoisotopic (exact) mass is 438 g/mol. The van der Waals surface area contributed by atoms with Crippen LogP contribution in [0.2, 0.25) is 0 Å². The molecule has 0 spiro atoms. The highest BCUT2D eigenvalue weighted by Gasteiger charge is 2.27. The Morgan fingerprint density at radius 3 is 2.61 bits per heavy atom. The summed E-state index contributed by atoms with van der Waals surface area (Å²) in [6.45, 7) is 5.56. The number of ether oxygens (including phenoxy) is 1. The first kappa shape index (κ1) is 22.1. The first-order valence-corrected chi connectivity index (χ1v) is 10.3. The molecule has 9 heteroatoms. The van der Waals surface area contributed by atoms with Gasteiger partial charge in [-0.15, -0.1) is 5.10 Å². The zero-order valence-corrected chi connectivity index (χ0v) is 17.7. The summed E-state index contributed by atoms with van der Waals surface area (Å²) in [7, 11) is 0. The van der Waals surface area contributed by atoms with Gasteiger partial charge in [0.05, 0.1) is 11.5 Å². The normalized spacial score (nSPS) is 17.0. The number of aryl methyl sites for hydroxylation is 1. The van der Waals surface area contributed by atoms with Gasteiger partial charge in [-0.1, -0.05) is 36.0 Å². The van der Waals surface area contributed by atoms with E-state index in [0.717, 1.165) is 16.8 Å². The molecule has 3 N–H and O–H groups in total. The molecule has 0 radical (unpaired) electrons. The van der Waals surface area contributed by atoms with E-state index in [1.807, 2.05) is 31.2 Å². The summed E-state index contributed by atoms with van der Waals surface area (Å²) >= 11 is 1.40. The molecule has 1 amide bonds. The predicted octanol–water partition coefficient (Wildman–Crippen LogP) is 3.40. The Hall–Kier alpha value is -3.59. The van der Waals surface area contributed by atoms with Gasteiger partial charge in [0.15, 0.2) is 11.8 Å². The van der Waals surface area contributed by atoms with E-state index < -0.39 is 12.6 Å². The van der Waals surface area contributed by atoms with Gasteiger partial charge in [0, 0.05) is 17.8 Å². The van der Waals surface area contributed by atoms with E-state index in [-0.39, 0.29) is 17.6 Å². The number of thioether (sulfide) groups is 1. The Morgan fingerprint density at radius 1 is 1.23 bits per heavy atom. The molecule has 1 unspecified atom stereocenters. The van der Waals surface area contributed by atoms with Crippen molar-refractivity contribution in [3.63, 3.8) is 0 Å². The topological polar surface area (TPSA) is 112 Å². The van der Waals surface area contributed by atoms with Crippen molar-refractivity contribution in [3.8, 4) is 5.75 Å². The van der Waals surface area contributed by atoms with E-state index in [1.165, 1.54) is 11.8 Å². The summed E-state index contributed by atoms with van der Waals surface area (Å²) in [5.41, 5.74) is 3.38. The standard InChI is InChI=1S/C22H22N4O4S/c1-14-3-7-17(8-4-14)25-20(27)11-19-15(2)24-22(31-19)26-23-12-16-5-9-18(10-6-16)30-13-21(28)29/h3-10,12,19H,2,11,13H2,1H3,(H,24,26)(H,25,27)(H,28,29)/b23-12+. The van der Waals surface area contributed by atoms with Crippen LogP contribution in [0.15, 0.2) is 71.0 Å². The van der Waals surface area contributed by atoms with E-state index in [1.54, 1.807) is 30.5 Å². The lowest BCUT2D eigenvalue weighted by molar-refractivity contribution is -0.139. The van der Waals surface area contributed by atoms with Crippen LogP contribution in [0.1, 0.15) is 17.5 Å². The SMILES string of the molecule is C=C1N/C(=N\N=C\c2ccc(OCC(=O)O)cc2)SC1CC(=O)Nc1ccc(C)cc1. The minimum Gasteiger partial charge on any atom is -0.482 e. The second-order valence-electron chi connectivity index (χ2n) is 6.78. The molecule has 2 aromatic rings. The Morgan fingerprint density at radius 2 is 1.94 bits per heavy atom. The number of rotatable bonds is 8. The Balaban J connectivity index is 1.50. The lowest BCUT2D eigenvalue weighted by Crippen LogP contribution is -2.19. The molecule has 1 aliphatic rings. The lowest BCUT2D eigenvalue weighted by Gasteiger charge is -2.09. The van der Waals surface area contributed by atoms with Crippen LogP contribution in [0.25, 0.3) is 0 Å². The first-order valence-electron chi connectivity index (χ1n) is 9.44. The number of nitrogens with zero attached hydrogens (tertiary/aromatic N) is 2. The number of aliphatic carboxylic acids is 1. The second-order valence-corrected chi connectivity index (χ2v) is 7.97. The van der Waals surface area contributed by atoms with Gasteiger partial charge in [-0.3, -0.25) is 4.79 Å². The molecule has 1 saturated heterocycles. The summed E-state index contributed by atoms with van der Waals surface area (Å²) in [4.78, 5) is 22.8. The molecule has 0 saturated carbocycles. The number of carboxylic acids is 1. The van der Waals surface area contributed by atoms with E-state index in [0.29, 0.717) is 16.6 Å². The molecule has 1 aliphatic heterocycles. The van der Waals surface area contributed by atoms with Gasteiger partial charge in [-0.2, -0.15) is 5.10 Å². The maximum atomic E-state index is 12.3. The zero-order chi connectivity index (χ0) is 22.2. The van der Waals surface area contributed by atoms with Crippen molar-refractivity contribution in [2.75, 3.05) is 11.9 Å². The summed E-state index contributed by atoms with van der Waals surface area (Å²) in [5.74, 6) is -0.670. The number of nitrogens with one attached hydrogen (secondary N) is 2. The molecule has 8 nitrogen and oxygen atoms in total. The molecule has 1 fully saturated rings. The number of carboxylic acid groups (broad SMARTS) is 1. The van der Waals surface area contributed by atoms with Crippen LogP contribution in [0.5, 0.6) is 5.75 Å². The quantitative estimate of drug-likeness (QED) is 0.430. The van der Waals surface area contributed by atoms with Crippen molar-refractivity contribution >= 4 is 40.7 Å². The Labute approximate surface area is 184 Å². The molecule has 0 bridgehead atoms. The maximum Gasteiger partial charge on any atom is 0.341 e. The number of anilines is 1. The van der Waals surface area contributed by atoms with Crippen molar-refractivity contribution < 1.29 is 19.4 Å². The van der Waals surface area contributed by atoms with Gasteiger partial charge < -0.3 is 20.5 Å². The van der Waals surface area contributed by atoms with Crippen molar-refractivity contribution in [2.24, 2.45) is 10.2 Å². The maximum absolute atomic E-state index is 12.3. The number of carbonyl (C=O) groups excluding carboxylic acids is 1. The van der Waals surface area contributed by atoms with Crippen molar-refractivity contribution in [2.45, 2.75) is 18.6 Å². The van der Waals surface area contributed by atoms with Crippen LogP contribution in [-0.4, -0.2) is 40.2 Å². The van der Waals surface area contributed by atoms with Crippen LogP contribution in [-0.2, 0) is 9.59 Å². The number of benzene rings is 2. The number of carbonyl (C=O) groups is 2. The van der Waals surface area contributed by atoms with Gasteiger partial charge in [-0.25, -0.2) is 4.79 Å². The van der Waals surface area contributed by atoms with Crippen LogP contribution < -0.4 is 15.4 Å². The van der Waals surface area contributed by atoms with Gasteiger partial charge in [0.2, 0.25) is 5.91 Å². The number of hydrogen-bond donors (Lipinski definition) is 3. The Kier molecular flexibility index (Phi) is 7.45. The van der Waals surface area contributed by atoms with Gasteiger partial charge in [0.25, 0.3) is 0 Å². The number of amides is 1. The van der Waals surface area contributed by atoms with Crippen molar-refractivity contribution in [1.82, 2.24) is 5.32 Å². The molecular formula is C22H22N4O4S. The average Bonchev–Trinajstić information content (AvgIpc) is 3.08. The fraction of sp³-hybridized carbons (Fsp3) is 0.182.